The summed E-state index contributed by atoms with van der Waals surface area (Å²) in [5.74, 6) is -0.290. The highest BCUT2D eigenvalue weighted by atomic mass is 16.2. The first kappa shape index (κ1) is 16.3. The van der Waals surface area contributed by atoms with Gasteiger partial charge in [0, 0.05) is 11.4 Å². The van der Waals surface area contributed by atoms with Gasteiger partial charge in [0.1, 0.15) is 0 Å². The first-order valence-corrected chi connectivity index (χ1v) is 7.81. The molecule has 0 radical (unpaired) electrons. The van der Waals surface area contributed by atoms with Gasteiger partial charge in [-0.1, -0.05) is 48.5 Å². The zero-order valence-electron chi connectivity index (χ0n) is 13.4. The highest BCUT2D eigenvalue weighted by Gasteiger charge is 2.13. The fraction of sp³-hybridized carbons (Fsp3) is 0. The predicted octanol–water partition coefficient (Wildman–Crippen LogP) is 4.58. The molecule has 0 unspecified atom stereocenters. The van der Waals surface area contributed by atoms with Gasteiger partial charge >= 0.3 is 6.03 Å². The summed E-state index contributed by atoms with van der Waals surface area (Å²) in [6.07, 6.45) is 0. The number of anilines is 3. The smallest absolute Gasteiger partial charge is 0.322 e. The second-order valence-corrected chi connectivity index (χ2v) is 5.31. The number of rotatable bonds is 4. The van der Waals surface area contributed by atoms with Crippen molar-refractivity contribution in [3.05, 3.63) is 90.5 Å². The third-order valence-electron chi connectivity index (χ3n) is 3.48. The monoisotopic (exact) mass is 331 g/mol. The van der Waals surface area contributed by atoms with Crippen molar-refractivity contribution in [3.63, 3.8) is 0 Å². The summed E-state index contributed by atoms with van der Waals surface area (Å²) in [5.41, 5.74) is 2.18. The molecule has 0 saturated heterocycles. The lowest BCUT2D eigenvalue weighted by Gasteiger charge is -2.12. The van der Waals surface area contributed by atoms with Crippen molar-refractivity contribution in [2.75, 3.05) is 16.0 Å². The SMILES string of the molecule is O=C(Nc1ccccc1)Nc1ccccc1C(=O)Nc1ccccc1. The van der Waals surface area contributed by atoms with E-state index in [0.29, 0.717) is 22.6 Å². The van der Waals surface area contributed by atoms with Gasteiger partial charge in [-0.25, -0.2) is 4.79 Å². The van der Waals surface area contributed by atoms with Crippen molar-refractivity contribution < 1.29 is 9.59 Å². The molecule has 0 bridgehead atoms. The number of hydrogen-bond acceptors (Lipinski definition) is 2. The van der Waals surface area contributed by atoms with E-state index in [-0.39, 0.29) is 5.91 Å². The van der Waals surface area contributed by atoms with Crippen LogP contribution in [0, 0.1) is 0 Å². The quantitative estimate of drug-likeness (QED) is 0.655. The molecule has 0 aliphatic carbocycles. The lowest BCUT2D eigenvalue weighted by atomic mass is 10.1. The number of carbonyl (C=O) groups is 2. The van der Waals surface area contributed by atoms with Crippen LogP contribution in [-0.2, 0) is 0 Å². The van der Waals surface area contributed by atoms with E-state index < -0.39 is 6.03 Å². The van der Waals surface area contributed by atoms with E-state index in [1.165, 1.54) is 0 Å². The molecular weight excluding hydrogens is 314 g/mol. The van der Waals surface area contributed by atoms with E-state index in [0.717, 1.165) is 0 Å². The van der Waals surface area contributed by atoms with Crippen LogP contribution in [0.15, 0.2) is 84.9 Å². The van der Waals surface area contributed by atoms with Crippen LogP contribution in [0.4, 0.5) is 21.9 Å². The number of hydrogen-bond donors (Lipinski definition) is 3. The Kier molecular flexibility index (Phi) is 5.07. The molecule has 25 heavy (non-hydrogen) atoms. The molecule has 3 aromatic rings. The summed E-state index contributed by atoms with van der Waals surface area (Å²) < 4.78 is 0. The number of benzene rings is 3. The van der Waals surface area contributed by atoms with Crippen molar-refractivity contribution in [1.82, 2.24) is 0 Å². The Labute approximate surface area is 145 Å². The molecule has 3 amide bonds. The minimum Gasteiger partial charge on any atom is -0.322 e. The molecule has 5 nitrogen and oxygen atoms in total. The first-order valence-electron chi connectivity index (χ1n) is 7.81. The third-order valence-corrected chi connectivity index (χ3v) is 3.48. The highest BCUT2D eigenvalue weighted by Crippen LogP contribution is 2.18. The Hall–Kier alpha value is -3.60. The number of urea groups is 1. The normalized spacial score (nSPS) is 9.92. The molecule has 124 valence electrons. The van der Waals surface area contributed by atoms with Crippen molar-refractivity contribution in [1.29, 1.82) is 0 Å². The molecule has 0 spiro atoms. The Morgan fingerprint density at radius 2 is 1.08 bits per heavy atom. The largest absolute Gasteiger partial charge is 0.323 e. The summed E-state index contributed by atoms with van der Waals surface area (Å²) in [6, 6.07) is 24.7. The molecule has 3 aromatic carbocycles. The molecule has 5 heteroatoms. The minimum absolute atomic E-state index is 0.290. The van der Waals surface area contributed by atoms with Crippen molar-refractivity contribution in [2.45, 2.75) is 0 Å². The second-order valence-electron chi connectivity index (χ2n) is 5.31. The lowest BCUT2D eigenvalue weighted by molar-refractivity contribution is 0.102. The third kappa shape index (κ3) is 4.45. The van der Waals surface area contributed by atoms with Gasteiger partial charge in [0.25, 0.3) is 5.91 Å². The Bertz CT molecular complexity index is 864. The van der Waals surface area contributed by atoms with E-state index in [2.05, 4.69) is 16.0 Å². The highest BCUT2D eigenvalue weighted by molar-refractivity contribution is 6.11. The van der Waals surface area contributed by atoms with E-state index in [9.17, 15) is 9.59 Å². The van der Waals surface area contributed by atoms with Crippen LogP contribution in [-0.4, -0.2) is 11.9 Å². The van der Waals surface area contributed by atoms with Gasteiger partial charge in [0.05, 0.1) is 11.3 Å². The Morgan fingerprint density at radius 3 is 1.72 bits per heavy atom. The fourth-order valence-electron chi connectivity index (χ4n) is 2.32. The minimum atomic E-state index is -0.411. The van der Waals surface area contributed by atoms with Crippen LogP contribution in [0.5, 0.6) is 0 Å². The first-order chi connectivity index (χ1) is 12.2. The number of nitrogens with one attached hydrogen (secondary N) is 3. The number of para-hydroxylation sites is 3. The standard InChI is InChI=1S/C20H17N3O2/c24-19(21-15-9-3-1-4-10-15)17-13-7-8-14-18(17)23-20(25)22-16-11-5-2-6-12-16/h1-14H,(H,21,24)(H2,22,23,25). The maximum atomic E-state index is 12.5. The van der Waals surface area contributed by atoms with Crippen molar-refractivity contribution in [2.24, 2.45) is 0 Å². The van der Waals surface area contributed by atoms with Crippen LogP contribution in [0.25, 0.3) is 0 Å². The van der Waals surface area contributed by atoms with Gasteiger partial charge < -0.3 is 16.0 Å². The molecule has 0 aliphatic heterocycles. The maximum Gasteiger partial charge on any atom is 0.323 e. The predicted molar refractivity (Wildman–Crippen MR) is 99.9 cm³/mol. The fourth-order valence-corrected chi connectivity index (χ4v) is 2.32. The van der Waals surface area contributed by atoms with Crippen LogP contribution < -0.4 is 16.0 Å². The molecule has 0 aliphatic rings. The number of amides is 3. The van der Waals surface area contributed by atoms with Gasteiger partial charge in [-0.2, -0.15) is 0 Å². The van der Waals surface area contributed by atoms with Crippen LogP contribution in [0.3, 0.4) is 0 Å². The summed E-state index contributed by atoms with van der Waals surface area (Å²) in [6.45, 7) is 0. The van der Waals surface area contributed by atoms with E-state index in [1.54, 1.807) is 48.5 Å². The van der Waals surface area contributed by atoms with E-state index in [1.807, 2.05) is 36.4 Å². The average molecular weight is 331 g/mol. The van der Waals surface area contributed by atoms with Gasteiger partial charge in [-0.15, -0.1) is 0 Å². The number of carbonyl (C=O) groups excluding carboxylic acids is 2. The summed E-state index contributed by atoms with van der Waals surface area (Å²) >= 11 is 0. The molecule has 0 saturated carbocycles. The molecule has 0 heterocycles. The Morgan fingerprint density at radius 1 is 0.560 bits per heavy atom. The molecule has 0 aromatic heterocycles. The van der Waals surface area contributed by atoms with Crippen LogP contribution >= 0.6 is 0 Å². The summed E-state index contributed by atoms with van der Waals surface area (Å²) in [7, 11) is 0. The van der Waals surface area contributed by atoms with Crippen molar-refractivity contribution in [3.8, 4) is 0 Å². The van der Waals surface area contributed by atoms with Crippen LogP contribution in [0.2, 0.25) is 0 Å². The molecule has 0 fully saturated rings. The zero-order chi connectivity index (χ0) is 17.5. The Balaban J connectivity index is 1.72. The van der Waals surface area contributed by atoms with Crippen molar-refractivity contribution >= 4 is 29.0 Å². The van der Waals surface area contributed by atoms with Crippen LogP contribution in [0.1, 0.15) is 10.4 Å². The molecule has 3 N–H and O–H groups in total. The van der Waals surface area contributed by atoms with Gasteiger partial charge in [0.2, 0.25) is 0 Å². The maximum absolute atomic E-state index is 12.5. The molecule has 0 atom stereocenters. The topological polar surface area (TPSA) is 70.2 Å². The van der Waals surface area contributed by atoms with E-state index in [4.69, 9.17) is 0 Å². The van der Waals surface area contributed by atoms with Gasteiger partial charge in [0.15, 0.2) is 0 Å². The lowest BCUT2D eigenvalue weighted by Crippen LogP contribution is -2.22. The van der Waals surface area contributed by atoms with Gasteiger partial charge in [-0.05, 0) is 36.4 Å². The second kappa shape index (κ2) is 7.79. The average Bonchev–Trinajstić information content (AvgIpc) is 2.63. The van der Waals surface area contributed by atoms with Gasteiger partial charge in [-0.3, -0.25) is 4.79 Å². The molecule has 3 rings (SSSR count). The summed E-state index contributed by atoms with van der Waals surface area (Å²) in [4.78, 5) is 24.7. The van der Waals surface area contributed by atoms with E-state index >= 15 is 0 Å². The molecular formula is C20H17N3O2. The summed E-state index contributed by atoms with van der Waals surface area (Å²) in [5, 5.41) is 8.25. The zero-order valence-corrected chi connectivity index (χ0v) is 13.4.